The Labute approximate surface area is 148 Å². The molecule has 23 heavy (non-hydrogen) atoms. The summed E-state index contributed by atoms with van der Waals surface area (Å²) in [4.78, 5) is 0. The van der Waals surface area contributed by atoms with E-state index in [1.54, 1.807) is 18.2 Å². The van der Waals surface area contributed by atoms with Gasteiger partial charge in [0, 0.05) is 0 Å². The summed E-state index contributed by atoms with van der Waals surface area (Å²) < 4.78 is 28.8. The summed E-state index contributed by atoms with van der Waals surface area (Å²) in [7, 11) is -3.57. The fourth-order valence-electron chi connectivity index (χ4n) is 2.23. The van der Waals surface area contributed by atoms with Crippen molar-refractivity contribution in [2.24, 2.45) is 0 Å². The van der Waals surface area contributed by atoms with Gasteiger partial charge < -0.3 is 0 Å². The first-order valence-corrected chi connectivity index (χ1v) is 10.0. The molecule has 2 aromatic carbocycles. The lowest BCUT2D eigenvalue weighted by molar-refractivity contribution is 0.603. The molecule has 0 radical (unpaired) electrons. The van der Waals surface area contributed by atoms with E-state index in [0.717, 1.165) is 14.9 Å². The molecule has 3 rings (SSSR count). The normalized spacial score (nSPS) is 11.3. The highest BCUT2D eigenvalue weighted by Gasteiger charge is 2.18. The number of hydrogen-bond acceptors (Lipinski definition) is 3. The molecule has 0 unspecified atom stereocenters. The van der Waals surface area contributed by atoms with Crippen LogP contribution in [0.15, 0.2) is 74.7 Å². The quantitative estimate of drug-likeness (QED) is 0.653. The van der Waals surface area contributed by atoms with Crippen molar-refractivity contribution < 1.29 is 8.42 Å². The first kappa shape index (κ1) is 16.2. The average Bonchev–Trinajstić information content (AvgIpc) is 2.98. The molecular weight excluding hydrogens is 394 g/mol. The van der Waals surface area contributed by atoms with Crippen LogP contribution in [0.25, 0.3) is 0 Å². The minimum atomic E-state index is -3.57. The van der Waals surface area contributed by atoms with Gasteiger partial charge in [0.15, 0.2) is 0 Å². The summed E-state index contributed by atoms with van der Waals surface area (Å²) in [5.41, 5.74) is 2.69. The van der Waals surface area contributed by atoms with E-state index in [0.29, 0.717) is 16.3 Å². The molecule has 1 N–H and O–H groups in total. The number of thiophene rings is 1. The molecule has 0 aliphatic heterocycles. The number of para-hydroxylation sites is 1. The maximum Gasteiger partial charge on any atom is 0.271 e. The molecule has 1 heterocycles. The number of benzene rings is 2. The Kier molecular flexibility index (Phi) is 4.84. The molecule has 6 heteroatoms. The van der Waals surface area contributed by atoms with Crippen molar-refractivity contribution in [2.75, 3.05) is 4.72 Å². The first-order chi connectivity index (χ1) is 11.0. The summed E-state index contributed by atoms with van der Waals surface area (Å²) >= 11 is 4.49. The standard InChI is InChI=1S/C17H14BrNO2S2/c18-16-10-11-17(22-16)23(20,21)19-15-9-5-4-8-14(15)12-13-6-2-1-3-7-13/h1-11,19H,12H2. The van der Waals surface area contributed by atoms with Gasteiger partial charge in [0.2, 0.25) is 0 Å². The zero-order valence-electron chi connectivity index (χ0n) is 12.1. The molecular formula is C17H14BrNO2S2. The third-order valence-electron chi connectivity index (χ3n) is 3.31. The van der Waals surface area contributed by atoms with Gasteiger partial charge >= 0.3 is 0 Å². The monoisotopic (exact) mass is 407 g/mol. The van der Waals surface area contributed by atoms with Gasteiger partial charge in [0.05, 0.1) is 9.47 Å². The van der Waals surface area contributed by atoms with Crippen LogP contribution in [0.3, 0.4) is 0 Å². The zero-order chi connectivity index (χ0) is 16.3. The number of rotatable bonds is 5. The van der Waals surface area contributed by atoms with Crippen LogP contribution in [0.1, 0.15) is 11.1 Å². The van der Waals surface area contributed by atoms with E-state index < -0.39 is 10.0 Å². The largest absolute Gasteiger partial charge is 0.279 e. The molecule has 0 bridgehead atoms. The van der Waals surface area contributed by atoms with Crippen LogP contribution in [0.5, 0.6) is 0 Å². The second-order valence-electron chi connectivity index (χ2n) is 4.98. The molecule has 0 aliphatic rings. The van der Waals surface area contributed by atoms with E-state index in [2.05, 4.69) is 20.7 Å². The molecule has 3 aromatic rings. The number of sulfonamides is 1. The van der Waals surface area contributed by atoms with E-state index >= 15 is 0 Å². The topological polar surface area (TPSA) is 46.2 Å². The van der Waals surface area contributed by atoms with Gasteiger partial charge in [-0.1, -0.05) is 48.5 Å². The van der Waals surface area contributed by atoms with Crippen LogP contribution in [-0.2, 0) is 16.4 Å². The SMILES string of the molecule is O=S(=O)(Nc1ccccc1Cc1ccccc1)c1ccc(Br)s1. The lowest BCUT2D eigenvalue weighted by Crippen LogP contribution is -2.13. The van der Waals surface area contributed by atoms with Crippen molar-refractivity contribution in [1.29, 1.82) is 0 Å². The van der Waals surface area contributed by atoms with Gasteiger partial charge in [-0.2, -0.15) is 0 Å². The minimum absolute atomic E-state index is 0.291. The lowest BCUT2D eigenvalue weighted by Gasteiger charge is -2.12. The van der Waals surface area contributed by atoms with Crippen molar-refractivity contribution in [3.63, 3.8) is 0 Å². The summed E-state index contributed by atoms with van der Waals surface area (Å²) in [6.07, 6.45) is 0.674. The lowest BCUT2D eigenvalue weighted by atomic mass is 10.0. The molecule has 0 spiro atoms. The summed E-state index contributed by atoms with van der Waals surface area (Å²) in [5, 5.41) is 0. The Bertz CT molecular complexity index is 905. The number of halogens is 1. The van der Waals surface area contributed by atoms with Gasteiger partial charge in [-0.05, 0) is 51.7 Å². The van der Waals surface area contributed by atoms with Crippen LogP contribution in [0.2, 0.25) is 0 Å². The Hall–Kier alpha value is -1.63. The molecule has 0 fully saturated rings. The second-order valence-corrected chi connectivity index (χ2v) is 9.36. The predicted molar refractivity (Wildman–Crippen MR) is 98.5 cm³/mol. The second kappa shape index (κ2) is 6.86. The average molecular weight is 408 g/mol. The van der Waals surface area contributed by atoms with E-state index in [1.165, 1.54) is 11.3 Å². The van der Waals surface area contributed by atoms with Gasteiger partial charge in [0.25, 0.3) is 10.0 Å². The van der Waals surface area contributed by atoms with Crippen LogP contribution >= 0.6 is 27.3 Å². The predicted octanol–water partition coefficient (Wildman–Crippen LogP) is 4.90. The third kappa shape index (κ3) is 4.02. The van der Waals surface area contributed by atoms with E-state index in [4.69, 9.17) is 0 Å². The van der Waals surface area contributed by atoms with Gasteiger partial charge in [-0.3, -0.25) is 4.72 Å². The smallest absolute Gasteiger partial charge is 0.271 e. The molecule has 0 saturated heterocycles. The van der Waals surface area contributed by atoms with Crippen LogP contribution < -0.4 is 4.72 Å². The van der Waals surface area contributed by atoms with Crippen LogP contribution in [0, 0.1) is 0 Å². The van der Waals surface area contributed by atoms with Gasteiger partial charge in [0.1, 0.15) is 4.21 Å². The Morgan fingerprint density at radius 3 is 2.30 bits per heavy atom. The number of nitrogens with one attached hydrogen (secondary N) is 1. The summed E-state index contributed by atoms with van der Waals surface area (Å²) in [6.45, 7) is 0. The molecule has 118 valence electrons. The Morgan fingerprint density at radius 2 is 1.61 bits per heavy atom. The molecule has 1 aromatic heterocycles. The van der Waals surface area contributed by atoms with Crippen molar-refractivity contribution in [3.05, 3.63) is 81.6 Å². The molecule has 3 nitrogen and oxygen atoms in total. The molecule has 0 aliphatic carbocycles. The molecule has 0 amide bonds. The highest BCUT2D eigenvalue weighted by molar-refractivity contribution is 9.11. The van der Waals surface area contributed by atoms with E-state index in [1.807, 2.05) is 48.5 Å². The number of hydrogen-bond donors (Lipinski definition) is 1. The van der Waals surface area contributed by atoms with Crippen LogP contribution in [-0.4, -0.2) is 8.42 Å². The highest BCUT2D eigenvalue weighted by atomic mass is 79.9. The fourth-order valence-corrected chi connectivity index (χ4v) is 5.34. The minimum Gasteiger partial charge on any atom is -0.279 e. The number of anilines is 1. The molecule has 0 saturated carbocycles. The summed E-state index contributed by atoms with van der Waals surface area (Å²) in [6, 6.07) is 20.8. The van der Waals surface area contributed by atoms with Gasteiger partial charge in [-0.25, -0.2) is 8.42 Å². The summed E-state index contributed by atoms with van der Waals surface area (Å²) in [5.74, 6) is 0. The highest BCUT2D eigenvalue weighted by Crippen LogP contribution is 2.29. The van der Waals surface area contributed by atoms with Crippen molar-refractivity contribution in [2.45, 2.75) is 10.6 Å². The fraction of sp³-hybridized carbons (Fsp3) is 0.0588. The Morgan fingerprint density at radius 1 is 0.913 bits per heavy atom. The van der Waals surface area contributed by atoms with Crippen molar-refractivity contribution >= 4 is 43.0 Å². The van der Waals surface area contributed by atoms with Gasteiger partial charge in [-0.15, -0.1) is 11.3 Å². The van der Waals surface area contributed by atoms with Crippen molar-refractivity contribution in [3.8, 4) is 0 Å². The first-order valence-electron chi connectivity index (χ1n) is 6.94. The van der Waals surface area contributed by atoms with E-state index in [-0.39, 0.29) is 0 Å². The maximum absolute atomic E-state index is 12.5. The van der Waals surface area contributed by atoms with Crippen molar-refractivity contribution in [1.82, 2.24) is 0 Å². The maximum atomic E-state index is 12.5. The Balaban J connectivity index is 1.89. The molecule has 0 atom stereocenters. The zero-order valence-corrected chi connectivity index (χ0v) is 15.3. The third-order valence-corrected chi connectivity index (χ3v) is 6.79. The van der Waals surface area contributed by atoms with E-state index in [9.17, 15) is 8.42 Å². The van der Waals surface area contributed by atoms with Crippen LogP contribution in [0.4, 0.5) is 5.69 Å².